The highest BCUT2D eigenvalue weighted by molar-refractivity contribution is 6.00. The number of phenols is 1. The zero-order valence-corrected chi connectivity index (χ0v) is 16.2. The Morgan fingerprint density at radius 3 is 2.27 bits per heavy atom. The molecule has 0 saturated carbocycles. The molecule has 2 aromatic carbocycles. The maximum atomic E-state index is 12.5. The number of methoxy groups -OCH3 is 1. The first-order chi connectivity index (χ1) is 14.3. The summed E-state index contributed by atoms with van der Waals surface area (Å²) >= 11 is 0. The van der Waals surface area contributed by atoms with Crippen LogP contribution < -0.4 is 9.47 Å². The van der Waals surface area contributed by atoms with Crippen LogP contribution in [0.3, 0.4) is 0 Å². The van der Waals surface area contributed by atoms with E-state index in [4.69, 9.17) is 14.2 Å². The van der Waals surface area contributed by atoms with Crippen molar-refractivity contribution in [2.24, 2.45) is 0 Å². The molecule has 0 bridgehead atoms. The van der Waals surface area contributed by atoms with Gasteiger partial charge in [0.2, 0.25) is 6.29 Å². The average molecular weight is 420 g/mol. The molecule has 2 aromatic rings. The number of Topliss-reactive ketones (excluding diaryl/α,β-unsaturated/α-hetero) is 1. The molecular weight excluding hydrogens is 396 g/mol. The van der Waals surface area contributed by atoms with Gasteiger partial charge in [0.1, 0.15) is 41.7 Å². The molecule has 1 heterocycles. The Kier molecular flexibility index (Phi) is 6.91. The van der Waals surface area contributed by atoms with Crippen molar-refractivity contribution in [1.82, 2.24) is 0 Å². The van der Waals surface area contributed by atoms with Gasteiger partial charge in [-0.05, 0) is 29.8 Å². The number of ether oxygens (including phenoxy) is 3. The highest BCUT2D eigenvalue weighted by Crippen LogP contribution is 2.29. The van der Waals surface area contributed by atoms with Gasteiger partial charge in [-0.3, -0.25) is 4.79 Å². The number of aliphatic hydroxyl groups is 4. The van der Waals surface area contributed by atoms with E-state index in [1.54, 1.807) is 31.4 Å². The summed E-state index contributed by atoms with van der Waals surface area (Å²) in [5.41, 5.74) is 0.841. The summed E-state index contributed by atoms with van der Waals surface area (Å²) in [6.07, 6.45) is -7.10. The molecule has 9 heteroatoms. The molecule has 1 saturated heterocycles. The minimum absolute atomic E-state index is 0.0674. The van der Waals surface area contributed by atoms with Gasteiger partial charge in [-0.25, -0.2) is 0 Å². The van der Waals surface area contributed by atoms with Gasteiger partial charge in [0, 0.05) is 12.5 Å². The quantitative estimate of drug-likeness (QED) is 0.391. The Hall–Kier alpha value is -2.69. The second-order valence-corrected chi connectivity index (χ2v) is 6.94. The van der Waals surface area contributed by atoms with Crippen molar-refractivity contribution in [3.05, 3.63) is 53.6 Å². The second-order valence-electron chi connectivity index (χ2n) is 6.94. The summed E-state index contributed by atoms with van der Waals surface area (Å²) in [6, 6.07) is 10.9. The zero-order valence-electron chi connectivity index (χ0n) is 16.2. The van der Waals surface area contributed by atoms with Crippen LogP contribution in [0.5, 0.6) is 17.2 Å². The Labute approximate surface area is 172 Å². The molecule has 5 N–H and O–H groups in total. The van der Waals surface area contributed by atoms with Gasteiger partial charge in [-0.1, -0.05) is 12.1 Å². The lowest BCUT2D eigenvalue weighted by molar-refractivity contribution is -0.277. The Balaban J connectivity index is 1.69. The maximum Gasteiger partial charge on any atom is 0.229 e. The average Bonchev–Trinajstić information content (AvgIpc) is 2.74. The minimum Gasteiger partial charge on any atom is -0.507 e. The molecule has 0 amide bonds. The van der Waals surface area contributed by atoms with Gasteiger partial charge in [-0.2, -0.15) is 0 Å². The lowest BCUT2D eigenvalue weighted by Gasteiger charge is -2.39. The largest absolute Gasteiger partial charge is 0.507 e. The molecule has 0 radical (unpaired) electrons. The molecule has 0 spiro atoms. The molecule has 5 atom stereocenters. The SMILES string of the molecule is COc1ccc(CC(=O)c2ccc(O[C@H]3O[C@@H](CO)[C@@H](O)[C@@H](O)[C@H]3O)cc2O)cc1. The molecule has 0 aromatic heterocycles. The number of hydrogen-bond donors (Lipinski definition) is 5. The van der Waals surface area contributed by atoms with E-state index in [1.165, 1.54) is 18.2 Å². The van der Waals surface area contributed by atoms with E-state index in [9.17, 15) is 30.3 Å². The number of aromatic hydroxyl groups is 1. The number of phenolic OH excluding ortho intramolecular Hbond substituents is 1. The summed E-state index contributed by atoms with van der Waals surface area (Å²) in [6.45, 7) is -0.588. The van der Waals surface area contributed by atoms with Crippen LogP contribution in [0.1, 0.15) is 15.9 Å². The van der Waals surface area contributed by atoms with Crippen molar-refractivity contribution in [3.63, 3.8) is 0 Å². The van der Waals surface area contributed by atoms with E-state index in [2.05, 4.69) is 0 Å². The first kappa shape index (κ1) is 22.0. The number of ketones is 1. The van der Waals surface area contributed by atoms with Gasteiger partial charge in [0.25, 0.3) is 0 Å². The smallest absolute Gasteiger partial charge is 0.229 e. The predicted molar refractivity (Wildman–Crippen MR) is 104 cm³/mol. The fourth-order valence-electron chi connectivity index (χ4n) is 3.14. The fraction of sp³-hybridized carbons (Fsp3) is 0.381. The maximum absolute atomic E-state index is 12.5. The third kappa shape index (κ3) is 4.72. The Morgan fingerprint density at radius 2 is 1.67 bits per heavy atom. The van der Waals surface area contributed by atoms with Gasteiger partial charge in [0.15, 0.2) is 5.78 Å². The first-order valence-corrected chi connectivity index (χ1v) is 9.30. The summed E-state index contributed by atoms with van der Waals surface area (Å²) in [7, 11) is 1.55. The number of carbonyl (C=O) groups excluding carboxylic acids is 1. The van der Waals surface area contributed by atoms with Crippen molar-refractivity contribution < 1.29 is 44.5 Å². The lowest BCUT2D eigenvalue weighted by Crippen LogP contribution is -2.60. The normalized spacial score (nSPS) is 26.2. The van der Waals surface area contributed by atoms with Gasteiger partial charge in [0.05, 0.1) is 19.3 Å². The summed E-state index contributed by atoms with van der Waals surface area (Å²) in [5, 5.41) is 49.1. The van der Waals surface area contributed by atoms with E-state index in [0.29, 0.717) is 5.75 Å². The van der Waals surface area contributed by atoms with Gasteiger partial charge < -0.3 is 39.7 Å². The Bertz CT molecular complexity index is 865. The van der Waals surface area contributed by atoms with Crippen molar-refractivity contribution in [2.75, 3.05) is 13.7 Å². The van der Waals surface area contributed by atoms with Crippen LogP contribution in [0.4, 0.5) is 0 Å². The zero-order chi connectivity index (χ0) is 21.8. The van der Waals surface area contributed by atoms with E-state index in [-0.39, 0.29) is 29.3 Å². The van der Waals surface area contributed by atoms with Crippen LogP contribution in [0.25, 0.3) is 0 Å². The minimum atomic E-state index is -1.58. The van der Waals surface area contributed by atoms with Crippen LogP contribution in [-0.4, -0.2) is 75.7 Å². The van der Waals surface area contributed by atoms with Crippen LogP contribution in [0, 0.1) is 0 Å². The highest BCUT2D eigenvalue weighted by atomic mass is 16.7. The molecule has 9 nitrogen and oxygen atoms in total. The number of carbonyl (C=O) groups is 1. The van der Waals surface area contributed by atoms with E-state index in [0.717, 1.165) is 5.56 Å². The molecule has 0 unspecified atom stereocenters. The van der Waals surface area contributed by atoms with Crippen molar-refractivity contribution in [3.8, 4) is 17.2 Å². The summed E-state index contributed by atoms with van der Waals surface area (Å²) in [4.78, 5) is 12.5. The standard InChI is InChI=1S/C21H24O9/c1-28-12-4-2-11(3-5-12)8-15(23)14-7-6-13(9-16(14)24)29-21-20(27)19(26)18(25)17(10-22)30-21/h2-7,9,17-22,24-27H,8,10H2,1H3/t17-,18+,19+,20+,21-/m0/s1. The van der Waals surface area contributed by atoms with Gasteiger partial charge in [-0.15, -0.1) is 0 Å². The number of benzene rings is 2. The van der Waals surface area contributed by atoms with Crippen molar-refractivity contribution in [2.45, 2.75) is 37.1 Å². The third-order valence-electron chi connectivity index (χ3n) is 4.89. The molecule has 1 fully saturated rings. The second kappa shape index (κ2) is 9.41. The molecule has 3 rings (SSSR count). The lowest BCUT2D eigenvalue weighted by atomic mass is 9.99. The van der Waals surface area contributed by atoms with Crippen LogP contribution in [0.2, 0.25) is 0 Å². The van der Waals surface area contributed by atoms with E-state index < -0.39 is 37.3 Å². The highest BCUT2D eigenvalue weighted by Gasteiger charge is 2.44. The molecule has 0 aliphatic carbocycles. The van der Waals surface area contributed by atoms with E-state index >= 15 is 0 Å². The molecule has 30 heavy (non-hydrogen) atoms. The molecule has 1 aliphatic rings. The Morgan fingerprint density at radius 1 is 1.00 bits per heavy atom. The number of aliphatic hydroxyl groups excluding tert-OH is 4. The van der Waals surface area contributed by atoms with Gasteiger partial charge >= 0.3 is 0 Å². The summed E-state index contributed by atoms with van der Waals surface area (Å²) < 4.78 is 15.8. The van der Waals surface area contributed by atoms with Crippen molar-refractivity contribution >= 4 is 5.78 Å². The third-order valence-corrected chi connectivity index (χ3v) is 4.89. The fourth-order valence-corrected chi connectivity index (χ4v) is 3.14. The van der Waals surface area contributed by atoms with Crippen LogP contribution in [-0.2, 0) is 11.2 Å². The van der Waals surface area contributed by atoms with Crippen LogP contribution in [0.15, 0.2) is 42.5 Å². The number of rotatable bonds is 7. The number of hydrogen-bond acceptors (Lipinski definition) is 9. The van der Waals surface area contributed by atoms with Crippen molar-refractivity contribution in [1.29, 1.82) is 0 Å². The first-order valence-electron chi connectivity index (χ1n) is 9.30. The molecular formula is C21H24O9. The monoisotopic (exact) mass is 420 g/mol. The summed E-state index contributed by atoms with van der Waals surface area (Å²) in [5.74, 6) is 0.106. The van der Waals surface area contributed by atoms with Crippen LogP contribution >= 0.6 is 0 Å². The topological polar surface area (TPSA) is 146 Å². The molecule has 162 valence electrons. The van der Waals surface area contributed by atoms with E-state index in [1.807, 2.05) is 0 Å². The predicted octanol–water partition coefficient (Wildman–Crippen LogP) is 0.00490. The molecule has 1 aliphatic heterocycles.